The normalized spacial score (nSPS) is 28.0. The van der Waals surface area contributed by atoms with Crippen LogP contribution in [-0.2, 0) is 9.59 Å². The van der Waals surface area contributed by atoms with E-state index in [-0.39, 0.29) is 23.6 Å². The SMILES string of the molecule is COc1ccc(C(=O)[C@H]2[C@H]3C(=O)N(c4ccc(Cl)cc4)C(=O)[C@@H]3[C@H]3CCCN32)cc1. The maximum absolute atomic E-state index is 13.5. The van der Waals surface area contributed by atoms with Crippen molar-refractivity contribution in [2.45, 2.75) is 24.9 Å². The highest BCUT2D eigenvalue weighted by atomic mass is 35.5. The van der Waals surface area contributed by atoms with Gasteiger partial charge in [0.25, 0.3) is 0 Å². The fraction of sp³-hybridized carbons (Fsp3) is 0.348. The molecule has 0 saturated carbocycles. The minimum absolute atomic E-state index is 0.0732. The Kier molecular flexibility index (Phi) is 4.64. The largest absolute Gasteiger partial charge is 0.497 e. The van der Waals surface area contributed by atoms with Crippen molar-refractivity contribution in [1.82, 2.24) is 4.90 Å². The van der Waals surface area contributed by atoms with Crippen LogP contribution in [0.3, 0.4) is 0 Å². The second kappa shape index (κ2) is 7.22. The van der Waals surface area contributed by atoms with Gasteiger partial charge in [0.15, 0.2) is 5.78 Å². The van der Waals surface area contributed by atoms with E-state index in [4.69, 9.17) is 16.3 Å². The van der Waals surface area contributed by atoms with Crippen LogP contribution in [0.25, 0.3) is 0 Å². The monoisotopic (exact) mass is 424 g/mol. The van der Waals surface area contributed by atoms with E-state index in [9.17, 15) is 14.4 Å². The van der Waals surface area contributed by atoms with E-state index in [1.165, 1.54) is 4.90 Å². The number of nitrogens with zero attached hydrogens (tertiary/aromatic N) is 2. The first-order valence-corrected chi connectivity index (χ1v) is 10.5. The number of benzene rings is 2. The molecule has 3 heterocycles. The Labute approximate surface area is 179 Å². The molecule has 0 aliphatic carbocycles. The van der Waals surface area contributed by atoms with Crippen LogP contribution in [0.4, 0.5) is 5.69 Å². The summed E-state index contributed by atoms with van der Waals surface area (Å²) in [6.07, 6.45) is 1.74. The lowest BCUT2D eigenvalue weighted by molar-refractivity contribution is -0.123. The van der Waals surface area contributed by atoms with Crippen LogP contribution in [0.1, 0.15) is 23.2 Å². The summed E-state index contributed by atoms with van der Waals surface area (Å²) in [7, 11) is 1.57. The molecule has 2 aromatic carbocycles. The molecule has 0 spiro atoms. The summed E-state index contributed by atoms with van der Waals surface area (Å²) in [4.78, 5) is 43.6. The van der Waals surface area contributed by atoms with Gasteiger partial charge in [0.05, 0.1) is 30.7 Å². The van der Waals surface area contributed by atoms with E-state index in [2.05, 4.69) is 4.90 Å². The molecule has 0 unspecified atom stereocenters. The maximum atomic E-state index is 13.5. The highest BCUT2D eigenvalue weighted by Gasteiger charge is 2.64. The second-order valence-electron chi connectivity index (χ2n) is 8.02. The van der Waals surface area contributed by atoms with Crippen molar-refractivity contribution in [3.63, 3.8) is 0 Å². The van der Waals surface area contributed by atoms with Crippen molar-refractivity contribution >= 4 is 34.9 Å². The van der Waals surface area contributed by atoms with E-state index >= 15 is 0 Å². The first kappa shape index (κ1) is 19.3. The van der Waals surface area contributed by atoms with Crippen molar-refractivity contribution in [1.29, 1.82) is 0 Å². The number of hydrogen-bond donors (Lipinski definition) is 0. The predicted octanol–water partition coefficient (Wildman–Crippen LogP) is 3.18. The molecule has 2 amide bonds. The van der Waals surface area contributed by atoms with Gasteiger partial charge < -0.3 is 4.74 Å². The second-order valence-corrected chi connectivity index (χ2v) is 8.46. The first-order valence-electron chi connectivity index (χ1n) is 10.1. The van der Waals surface area contributed by atoms with Gasteiger partial charge in [-0.05, 0) is 67.9 Å². The quantitative estimate of drug-likeness (QED) is 0.557. The van der Waals surface area contributed by atoms with Crippen LogP contribution in [0, 0.1) is 11.8 Å². The van der Waals surface area contributed by atoms with Crippen molar-refractivity contribution in [3.8, 4) is 5.75 Å². The summed E-state index contributed by atoms with van der Waals surface area (Å²) in [6, 6.07) is 12.9. The van der Waals surface area contributed by atoms with E-state index < -0.39 is 17.9 Å². The topological polar surface area (TPSA) is 66.9 Å². The Hall–Kier alpha value is -2.70. The fourth-order valence-electron chi connectivity index (χ4n) is 5.29. The molecule has 30 heavy (non-hydrogen) atoms. The van der Waals surface area contributed by atoms with Crippen LogP contribution >= 0.6 is 11.6 Å². The number of fused-ring (bicyclic) bond motifs is 3. The molecule has 5 rings (SSSR count). The minimum Gasteiger partial charge on any atom is -0.497 e. The van der Waals surface area contributed by atoms with Gasteiger partial charge in [-0.2, -0.15) is 0 Å². The van der Waals surface area contributed by atoms with Gasteiger partial charge in [-0.25, -0.2) is 4.90 Å². The van der Waals surface area contributed by atoms with E-state index in [0.717, 1.165) is 19.4 Å². The lowest BCUT2D eigenvalue weighted by atomic mass is 9.85. The molecule has 3 aliphatic rings. The van der Waals surface area contributed by atoms with Gasteiger partial charge in [0.2, 0.25) is 11.8 Å². The van der Waals surface area contributed by atoms with Crippen molar-refractivity contribution in [3.05, 3.63) is 59.1 Å². The predicted molar refractivity (Wildman–Crippen MR) is 112 cm³/mol. The molecule has 0 aromatic heterocycles. The highest BCUT2D eigenvalue weighted by Crippen LogP contribution is 2.48. The van der Waals surface area contributed by atoms with Crippen molar-refractivity contribution < 1.29 is 19.1 Å². The first-order chi connectivity index (χ1) is 14.5. The summed E-state index contributed by atoms with van der Waals surface area (Å²) in [5.41, 5.74) is 1.03. The van der Waals surface area contributed by atoms with Gasteiger partial charge in [-0.3, -0.25) is 19.3 Å². The third-order valence-corrected chi connectivity index (χ3v) is 6.83. The third-order valence-electron chi connectivity index (χ3n) is 6.58. The molecular formula is C23H21ClN2O4. The summed E-state index contributed by atoms with van der Waals surface area (Å²) in [5, 5.41) is 0.535. The maximum Gasteiger partial charge on any atom is 0.239 e. The number of ketones is 1. The van der Waals surface area contributed by atoms with E-state index in [1.54, 1.807) is 55.6 Å². The Bertz CT molecular complexity index is 1020. The van der Waals surface area contributed by atoms with Gasteiger partial charge >= 0.3 is 0 Å². The molecule has 4 atom stereocenters. The van der Waals surface area contributed by atoms with Gasteiger partial charge in [-0.1, -0.05) is 11.6 Å². The number of amides is 2. The molecule has 3 aliphatic heterocycles. The molecule has 154 valence electrons. The third kappa shape index (κ3) is 2.78. The molecule has 0 radical (unpaired) electrons. The van der Waals surface area contributed by atoms with Crippen LogP contribution in [0.2, 0.25) is 5.02 Å². The Morgan fingerprint density at radius 3 is 2.33 bits per heavy atom. The standard InChI is InChI=1S/C23H21ClN2O4/c1-30-16-10-4-13(5-11-16)21(27)20-19-18(17-3-2-12-25(17)20)22(28)26(23(19)29)15-8-6-14(24)7-9-15/h4-11,17-20H,2-3,12H2,1H3/t17-,18-,19+,20-/m1/s1. The van der Waals surface area contributed by atoms with Crippen LogP contribution in [0.15, 0.2) is 48.5 Å². The molecule has 6 nitrogen and oxygen atoms in total. The smallest absolute Gasteiger partial charge is 0.239 e. The summed E-state index contributed by atoms with van der Waals surface area (Å²) < 4.78 is 5.18. The molecule has 0 N–H and O–H groups in total. The van der Waals surface area contributed by atoms with E-state index in [1.807, 2.05) is 0 Å². The average Bonchev–Trinajstić information content (AvgIpc) is 3.41. The number of Topliss-reactive ketones (excluding diaryl/α,β-unsaturated/α-hetero) is 1. The number of hydrogen-bond acceptors (Lipinski definition) is 5. The number of imide groups is 1. The van der Waals surface area contributed by atoms with Crippen LogP contribution in [-0.4, -0.2) is 48.2 Å². The van der Waals surface area contributed by atoms with Crippen molar-refractivity contribution in [2.24, 2.45) is 11.8 Å². The Balaban J connectivity index is 1.52. The number of carbonyl (C=O) groups is 3. The zero-order chi connectivity index (χ0) is 21.0. The molecule has 3 saturated heterocycles. The van der Waals surface area contributed by atoms with Crippen molar-refractivity contribution in [2.75, 3.05) is 18.6 Å². The number of anilines is 1. The zero-order valence-corrected chi connectivity index (χ0v) is 17.2. The van der Waals surface area contributed by atoms with Crippen LogP contribution < -0.4 is 9.64 Å². The lowest BCUT2D eigenvalue weighted by Crippen LogP contribution is -2.46. The average molecular weight is 425 g/mol. The molecule has 7 heteroatoms. The Morgan fingerprint density at radius 1 is 1.00 bits per heavy atom. The Morgan fingerprint density at radius 2 is 1.67 bits per heavy atom. The number of ether oxygens (including phenoxy) is 1. The van der Waals surface area contributed by atoms with Gasteiger partial charge in [-0.15, -0.1) is 0 Å². The number of halogens is 1. The molecule has 0 bridgehead atoms. The zero-order valence-electron chi connectivity index (χ0n) is 16.5. The summed E-state index contributed by atoms with van der Waals surface area (Å²) in [5.74, 6) is -1.11. The van der Waals surface area contributed by atoms with Gasteiger partial charge in [0, 0.05) is 16.6 Å². The summed E-state index contributed by atoms with van der Waals surface area (Å²) in [6.45, 7) is 0.728. The van der Waals surface area contributed by atoms with E-state index in [0.29, 0.717) is 22.0 Å². The molecular weight excluding hydrogens is 404 g/mol. The molecule has 3 fully saturated rings. The minimum atomic E-state index is -0.659. The van der Waals surface area contributed by atoms with Crippen LogP contribution in [0.5, 0.6) is 5.75 Å². The number of methoxy groups -OCH3 is 1. The molecule has 2 aromatic rings. The fourth-order valence-corrected chi connectivity index (χ4v) is 5.41. The summed E-state index contributed by atoms with van der Waals surface area (Å²) >= 11 is 5.97. The number of rotatable bonds is 4. The lowest BCUT2D eigenvalue weighted by Gasteiger charge is -2.27. The number of carbonyl (C=O) groups excluding carboxylic acids is 3. The highest BCUT2D eigenvalue weighted by molar-refractivity contribution is 6.31. The van der Waals surface area contributed by atoms with Gasteiger partial charge in [0.1, 0.15) is 5.75 Å².